The van der Waals surface area contributed by atoms with Gasteiger partial charge in [-0.25, -0.2) is 8.42 Å². The number of carbonyl (C=O) groups excluding carboxylic acids is 1. The molecular formula is C21H35N2O5S2-. The van der Waals surface area contributed by atoms with Crippen LogP contribution in [0.15, 0.2) is 24.3 Å². The van der Waals surface area contributed by atoms with Gasteiger partial charge in [0.2, 0.25) is 5.91 Å². The summed E-state index contributed by atoms with van der Waals surface area (Å²) in [6.07, 6.45) is 0.724. The van der Waals surface area contributed by atoms with Gasteiger partial charge in [0.05, 0.1) is 16.2 Å². The van der Waals surface area contributed by atoms with Crippen molar-refractivity contribution in [3.8, 4) is 0 Å². The van der Waals surface area contributed by atoms with Gasteiger partial charge in [-0.1, -0.05) is 45.0 Å². The molecule has 0 aromatic heterocycles. The van der Waals surface area contributed by atoms with Gasteiger partial charge < -0.3 is 20.3 Å². The van der Waals surface area contributed by atoms with Gasteiger partial charge in [0.1, 0.15) is 0 Å². The van der Waals surface area contributed by atoms with Crippen molar-refractivity contribution >= 4 is 27.8 Å². The zero-order chi connectivity index (χ0) is 22.6. The Morgan fingerprint density at radius 3 is 2.47 bits per heavy atom. The topological polar surface area (TPSA) is 119 Å². The van der Waals surface area contributed by atoms with Crippen molar-refractivity contribution in [2.75, 3.05) is 30.3 Å². The van der Waals surface area contributed by atoms with E-state index in [1.807, 2.05) is 0 Å². The number of hydrogen-bond acceptors (Lipinski definition) is 7. The second-order valence-corrected chi connectivity index (χ2v) is 10.3. The van der Waals surface area contributed by atoms with Crippen molar-refractivity contribution in [1.29, 1.82) is 0 Å². The van der Waals surface area contributed by atoms with E-state index >= 15 is 0 Å². The van der Waals surface area contributed by atoms with E-state index in [1.165, 1.54) is 22.9 Å². The molecule has 3 unspecified atom stereocenters. The number of carbonyl (C=O) groups is 1. The molecule has 9 heteroatoms. The Kier molecular flexibility index (Phi) is 12.6. The molecular weight excluding hydrogens is 424 g/mol. The first-order chi connectivity index (χ1) is 14.1. The Morgan fingerprint density at radius 2 is 1.87 bits per heavy atom. The second kappa shape index (κ2) is 14.0. The minimum Gasteiger partial charge on any atom is -0.748 e. The van der Waals surface area contributed by atoms with Gasteiger partial charge in [-0.2, -0.15) is 11.8 Å². The van der Waals surface area contributed by atoms with Crippen molar-refractivity contribution in [3.05, 3.63) is 35.4 Å². The summed E-state index contributed by atoms with van der Waals surface area (Å²) in [6, 6.07) is 8.54. The van der Waals surface area contributed by atoms with E-state index < -0.39 is 22.0 Å². The van der Waals surface area contributed by atoms with Crippen LogP contribution >= 0.6 is 11.8 Å². The molecule has 0 bridgehead atoms. The highest BCUT2D eigenvalue weighted by molar-refractivity contribution is 7.99. The van der Waals surface area contributed by atoms with E-state index in [0.717, 1.165) is 6.42 Å². The fourth-order valence-corrected chi connectivity index (χ4v) is 4.26. The number of thioether (sulfide) groups is 1. The van der Waals surface area contributed by atoms with Crippen LogP contribution in [0, 0.1) is 5.92 Å². The van der Waals surface area contributed by atoms with Crippen LogP contribution in [0.2, 0.25) is 0 Å². The maximum absolute atomic E-state index is 11.9. The van der Waals surface area contributed by atoms with Crippen LogP contribution < -0.4 is 10.6 Å². The van der Waals surface area contributed by atoms with E-state index in [9.17, 15) is 22.9 Å². The minimum absolute atomic E-state index is 0.113. The van der Waals surface area contributed by atoms with Crippen LogP contribution in [0.25, 0.3) is 0 Å². The Labute approximate surface area is 185 Å². The average Bonchev–Trinajstić information content (AvgIpc) is 2.70. The predicted octanol–water partition coefficient (Wildman–Crippen LogP) is 2.07. The van der Waals surface area contributed by atoms with Crippen LogP contribution in [-0.4, -0.2) is 60.4 Å². The lowest BCUT2D eigenvalue weighted by Gasteiger charge is -2.15. The molecule has 1 amide bonds. The first-order valence-electron chi connectivity index (χ1n) is 10.4. The maximum atomic E-state index is 11.9. The second-order valence-electron chi connectivity index (χ2n) is 7.68. The molecule has 3 N–H and O–H groups in total. The zero-order valence-electron chi connectivity index (χ0n) is 18.1. The number of aliphatic hydroxyl groups excluding tert-OH is 1. The zero-order valence-corrected chi connectivity index (χ0v) is 19.7. The van der Waals surface area contributed by atoms with Gasteiger partial charge in [0.25, 0.3) is 0 Å². The summed E-state index contributed by atoms with van der Waals surface area (Å²) in [5, 5.41) is 16.0. The van der Waals surface area contributed by atoms with Gasteiger partial charge in [-0.3, -0.25) is 4.79 Å². The molecule has 7 nitrogen and oxygen atoms in total. The molecule has 1 rings (SSSR count). The number of amides is 1. The molecule has 0 spiro atoms. The lowest BCUT2D eigenvalue weighted by atomic mass is 9.98. The average molecular weight is 460 g/mol. The van der Waals surface area contributed by atoms with Crippen LogP contribution in [0.1, 0.15) is 50.7 Å². The number of hydrogen-bond donors (Lipinski definition) is 3. The molecule has 172 valence electrons. The molecule has 0 heterocycles. The molecule has 1 aromatic rings. The normalized spacial score (nSPS) is 14.8. The van der Waals surface area contributed by atoms with E-state index in [1.54, 1.807) is 6.92 Å². The van der Waals surface area contributed by atoms with E-state index in [0.29, 0.717) is 30.5 Å². The molecule has 0 saturated carbocycles. The van der Waals surface area contributed by atoms with Crippen LogP contribution in [0.5, 0.6) is 0 Å². The molecule has 0 saturated heterocycles. The van der Waals surface area contributed by atoms with Gasteiger partial charge in [0.15, 0.2) is 0 Å². The number of rotatable bonds is 15. The Morgan fingerprint density at radius 1 is 1.20 bits per heavy atom. The van der Waals surface area contributed by atoms with Crippen LogP contribution in [0.3, 0.4) is 0 Å². The smallest absolute Gasteiger partial charge is 0.223 e. The summed E-state index contributed by atoms with van der Waals surface area (Å²) in [4.78, 5) is 11.9. The van der Waals surface area contributed by atoms with Crippen molar-refractivity contribution < 1.29 is 22.9 Å². The lowest BCUT2D eigenvalue weighted by molar-refractivity contribution is -0.123. The number of nitrogens with one attached hydrogen (secondary N) is 2. The fourth-order valence-electron chi connectivity index (χ4n) is 2.73. The molecule has 3 atom stereocenters. The van der Waals surface area contributed by atoms with Gasteiger partial charge in [-0.05, 0) is 29.9 Å². The van der Waals surface area contributed by atoms with Crippen LogP contribution in [-0.2, 0) is 21.5 Å². The molecule has 0 aliphatic carbocycles. The maximum Gasteiger partial charge on any atom is 0.223 e. The highest BCUT2D eigenvalue weighted by Gasteiger charge is 2.14. The molecule has 1 aromatic carbocycles. The summed E-state index contributed by atoms with van der Waals surface area (Å²) in [5.41, 5.74) is 2.52. The Hall–Kier alpha value is -1.13. The standard InChI is InChI=1S/C21H36N2O5S2/c1-4-16(2)19-8-6-18(7-9-19)12-22-13-20(24)15-29-14-17(3)21(25)23-10-5-11-30(26,27)28/h6-9,16-17,20,22,24H,4-5,10-15H2,1-3H3,(H,23,25)(H,26,27,28)/p-1. The molecule has 0 fully saturated rings. The van der Waals surface area contributed by atoms with Gasteiger partial charge in [-0.15, -0.1) is 0 Å². The SMILES string of the molecule is CCC(C)c1ccc(CNCC(O)CSCC(C)C(=O)NCCCS(=O)(=O)[O-])cc1. The highest BCUT2D eigenvalue weighted by atomic mass is 32.2. The van der Waals surface area contributed by atoms with Crippen molar-refractivity contribution in [2.24, 2.45) is 5.92 Å². The van der Waals surface area contributed by atoms with Crippen LogP contribution in [0.4, 0.5) is 0 Å². The van der Waals surface area contributed by atoms with E-state index in [-0.39, 0.29) is 24.8 Å². The van der Waals surface area contributed by atoms with Gasteiger partial charge >= 0.3 is 0 Å². The molecule has 30 heavy (non-hydrogen) atoms. The molecule has 0 aliphatic rings. The Balaban J connectivity index is 2.16. The predicted molar refractivity (Wildman–Crippen MR) is 122 cm³/mol. The first-order valence-corrected chi connectivity index (χ1v) is 13.1. The first kappa shape index (κ1) is 26.9. The minimum atomic E-state index is -4.24. The number of aliphatic hydroxyl groups is 1. The summed E-state index contributed by atoms with van der Waals surface area (Å²) < 4.78 is 31.6. The highest BCUT2D eigenvalue weighted by Crippen LogP contribution is 2.18. The third-order valence-corrected chi connectivity index (χ3v) is 7.01. The Bertz CT molecular complexity index is 725. The van der Waals surface area contributed by atoms with E-state index in [4.69, 9.17) is 0 Å². The third-order valence-electron chi connectivity index (χ3n) is 4.87. The summed E-state index contributed by atoms with van der Waals surface area (Å²) in [6.45, 7) is 7.51. The lowest BCUT2D eigenvalue weighted by Crippen LogP contribution is -2.32. The monoisotopic (exact) mass is 459 g/mol. The molecule has 0 aliphatic heterocycles. The number of benzene rings is 1. The van der Waals surface area contributed by atoms with Crippen molar-refractivity contribution in [3.63, 3.8) is 0 Å². The van der Waals surface area contributed by atoms with E-state index in [2.05, 4.69) is 48.7 Å². The summed E-state index contributed by atoms with van der Waals surface area (Å²) in [5.74, 6) is 0.718. The quantitative estimate of drug-likeness (QED) is 0.271. The largest absolute Gasteiger partial charge is 0.748 e. The summed E-state index contributed by atoms with van der Waals surface area (Å²) in [7, 11) is -4.24. The molecule has 0 radical (unpaired) electrons. The van der Waals surface area contributed by atoms with Crippen molar-refractivity contribution in [1.82, 2.24) is 10.6 Å². The fraction of sp³-hybridized carbons (Fsp3) is 0.667. The van der Waals surface area contributed by atoms with Crippen molar-refractivity contribution in [2.45, 2.75) is 52.2 Å². The third kappa shape index (κ3) is 11.9. The van der Waals surface area contributed by atoms with Gasteiger partial charge in [0, 0.05) is 42.8 Å². The summed E-state index contributed by atoms with van der Waals surface area (Å²) >= 11 is 1.50.